The summed E-state index contributed by atoms with van der Waals surface area (Å²) >= 11 is 0. The molecule has 1 aromatic rings. The zero-order valence-electron chi connectivity index (χ0n) is 12.8. The van der Waals surface area contributed by atoms with E-state index in [4.69, 9.17) is 4.74 Å². The summed E-state index contributed by atoms with van der Waals surface area (Å²) in [6.45, 7) is 4.23. The molecule has 0 saturated heterocycles. The predicted molar refractivity (Wildman–Crippen MR) is 82.1 cm³/mol. The van der Waals surface area contributed by atoms with E-state index in [0.29, 0.717) is 13.1 Å². The summed E-state index contributed by atoms with van der Waals surface area (Å²) in [6, 6.07) is 7.90. The molecule has 0 saturated carbocycles. The van der Waals surface area contributed by atoms with Crippen LogP contribution in [-0.2, 0) is 11.2 Å². The quantitative estimate of drug-likeness (QED) is 0.752. The number of rotatable bonds is 9. The van der Waals surface area contributed by atoms with Gasteiger partial charge in [-0.1, -0.05) is 31.5 Å². The number of carbonyl (C=O) groups is 1. The van der Waals surface area contributed by atoms with Gasteiger partial charge in [0.2, 0.25) is 5.91 Å². The van der Waals surface area contributed by atoms with Crippen molar-refractivity contribution in [2.24, 2.45) is 0 Å². The largest absolute Gasteiger partial charge is 0.496 e. The Bertz CT molecular complexity index is 407. The molecule has 4 nitrogen and oxygen atoms in total. The van der Waals surface area contributed by atoms with Crippen LogP contribution in [-0.4, -0.2) is 44.6 Å². The Labute approximate surface area is 122 Å². The predicted octanol–water partition coefficient (Wildman–Crippen LogP) is 2.09. The number of nitrogens with one attached hydrogen (secondary N) is 1. The van der Waals surface area contributed by atoms with Crippen molar-refractivity contribution in [3.63, 3.8) is 0 Å². The van der Waals surface area contributed by atoms with Crippen molar-refractivity contribution in [3.05, 3.63) is 29.8 Å². The molecule has 0 aliphatic rings. The molecule has 0 fully saturated rings. The number of hydrogen-bond acceptors (Lipinski definition) is 3. The second-order valence-electron chi connectivity index (χ2n) is 5.00. The molecular formula is C16H26N2O2. The Morgan fingerprint density at radius 3 is 2.80 bits per heavy atom. The molecule has 112 valence electrons. The number of ether oxygens (including phenoxy) is 1. The second kappa shape index (κ2) is 9.37. The number of para-hydroxylation sites is 1. The van der Waals surface area contributed by atoms with Crippen LogP contribution in [0, 0.1) is 0 Å². The molecule has 0 aliphatic carbocycles. The third-order valence-electron chi connectivity index (χ3n) is 3.22. The maximum atomic E-state index is 11.8. The van der Waals surface area contributed by atoms with E-state index in [0.717, 1.165) is 37.1 Å². The van der Waals surface area contributed by atoms with Crippen LogP contribution < -0.4 is 10.1 Å². The summed E-state index contributed by atoms with van der Waals surface area (Å²) in [5.41, 5.74) is 1.12. The molecule has 1 rings (SSSR count). The fourth-order valence-corrected chi connectivity index (χ4v) is 2.05. The maximum Gasteiger partial charge on any atom is 0.234 e. The monoisotopic (exact) mass is 278 g/mol. The highest BCUT2D eigenvalue weighted by atomic mass is 16.5. The van der Waals surface area contributed by atoms with Crippen LogP contribution in [0.3, 0.4) is 0 Å². The van der Waals surface area contributed by atoms with E-state index in [1.54, 1.807) is 7.11 Å². The van der Waals surface area contributed by atoms with Crippen molar-refractivity contribution >= 4 is 5.91 Å². The van der Waals surface area contributed by atoms with Gasteiger partial charge in [-0.2, -0.15) is 0 Å². The Kier molecular flexibility index (Phi) is 7.73. The molecule has 20 heavy (non-hydrogen) atoms. The first-order chi connectivity index (χ1) is 9.67. The fourth-order valence-electron chi connectivity index (χ4n) is 2.05. The van der Waals surface area contributed by atoms with Gasteiger partial charge in [0.1, 0.15) is 5.75 Å². The highest BCUT2D eigenvalue weighted by Gasteiger charge is 2.06. The van der Waals surface area contributed by atoms with Gasteiger partial charge in [-0.05, 0) is 38.1 Å². The van der Waals surface area contributed by atoms with E-state index in [1.165, 1.54) is 0 Å². The van der Waals surface area contributed by atoms with E-state index in [2.05, 4.69) is 17.1 Å². The first kappa shape index (κ1) is 16.5. The zero-order valence-corrected chi connectivity index (χ0v) is 12.8. The molecule has 0 atom stereocenters. The van der Waals surface area contributed by atoms with Gasteiger partial charge in [0.05, 0.1) is 13.7 Å². The number of amides is 1. The van der Waals surface area contributed by atoms with Crippen LogP contribution in [0.4, 0.5) is 0 Å². The van der Waals surface area contributed by atoms with E-state index in [-0.39, 0.29) is 5.91 Å². The lowest BCUT2D eigenvalue weighted by Crippen LogP contribution is -2.36. The third kappa shape index (κ3) is 6.06. The van der Waals surface area contributed by atoms with Gasteiger partial charge in [0.25, 0.3) is 0 Å². The minimum absolute atomic E-state index is 0.0819. The highest BCUT2D eigenvalue weighted by Crippen LogP contribution is 2.17. The molecule has 1 N–H and O–H groups in total. The number of carbonyl (C=O) groups excluding carboxylic acids is 1. The van der Waals surface area contributed by atoms with Gasteiger partial charge in [0.15, 0.2) is 0 Å². The summed E-state index contributed by atoms with van der Waals surface area (Å²) in [5.74, 6) is 0.959. The number of nitrogens with zero attached hydrogens (tertiary/aromatic N) is 1. The van der Waals surface area contributed by atoms with Crippen molar-refractivity contribution < 1.29 is 9.53 Å². The number of unbranched alkanes of at least 4 members (excludes halogenated alkanes) is 1. The van der Waals surface area contributed by atoms with Crippen molar-refractivity contribution in [3.8, 4) is 5.75 Å². The van der Waals surface area contributed by atoms with Crippen molar-refractivity contribution in [2.45, 2.75) is 26.2 Å². The Hall–Kier alpha value is -1.55. The summed E-state index contributed by atoms with van der Waals surface area (Å²) in [7, 11) is 3.65. The van der Waals surface area contributed by atoms with Crippen LogP contribution in [0.1, 0.15) is 25.3 Å². The van der Waals surface area contributed by atoms with E-state index < -0.39 is 0 Å². The molecule has 0 bridgehead atoms. The molecule has 0 radical (unpaired) electrons. The van der Waals surface area contributed by atoms with E-state index in [9.17, 15) is 4.79 Å². The minimum atomic E-state index is 0.0819. The van der Waals surface area contributed by atoms with Crippen LogP contribution in [0.15, 0.2) is 24.3 Å². The van der Waals surface area contributed by atoms with Crippen molar-refractivity contribution in [2.75, 3.05) is 33.8 Å². The zero-order chi connectivity index (χ0) is 14.8. The number of benzene rings is 1. The molecule has 0 aromatic heterocycles. The van der Waals surface area contributed by atoms with Crippen LogP contribution >= 0.6 is 0 Å². The van der Waals surface area contributed by atoms with Gasteiger partial charge in [-0.25, -0.2) is 0 Å². The van der Waals surface area contributed by atoms with Gasteiger partial charge in [-0.15, -0.1) is 0 Å². The molecule has 0 heterocycles. The summed E-state index contributed by atoms with van der Waals surface area (Å²) in [5, 5.41) is 2.95. The summed E-state index contributed by atoms with van der Waals surface area (Å²) < 4.78 is 5.29. The summed E-state index contributed by atoms with van der Waals surface area (Å²) in [6.07, 6.45) is 3.07. The first-order valence-electron chi connectivity index (χ1n) is 7.24. The highest BCUT2D eigenvalue weighted by molar-refractivity contribution is 5.77. The van der Waals surface area contributed by atoms with Crippen molar-refractivity contribution in [1.29, 1.82) is 0 Å². The third-order valence-corrected chi connectivity index (χ3v) is 3.22. The molecule has 0 unspecified atom stereocenters. The molecular weight excluding hydrogens is 252 g/mol. The Morgan fingerprint density at radius 2 is 2.10 bits per heavy atom. The molecule has 1 aromatic carbocycles. The fraction of sp³-hybridized carbons (Fsp3) is 0.562. The van der Waals surface area contributed by atoms with Crippen LogP contribution in [0.25, 0.3) is 0 Å². The smallest absolute Gasteiger partial charge is 0.234 e. The lowest BCUT2D eigenvalue weighted by Gasteiger charge is -2.15. The van der Waals surface area contributed by atoms with Gasteiger partial charge < -0.3 is 10.1 Å². The molecule has 0 aliphatic heterocycles. The summed E-state index contributed by atoms with van der Waals surface area (Å²) in [4.78, 5) is 13.8. The lowest BCUT2D eigenvalue weighted by molar-refractivity contribution is -0.121. The van der Waals surface area contributed by atoms with Gasteiger partial charge >= 0.3 is 0 Å². The second-order valence-corrected chi connectivity index (χ2v) is 5.00. The number of methoxy groups -OCH3 is 1. The average molecular weight is 278 g/mol. The lowest BCUT2D eigenvalue weighted by atomic mass is 10.1. The Balaban J connectivity index is 2.28. The molecule has 0 spiro atoms. The van der Waals surface area contributed by atoms with E-state index >= 15 is 0 Å². The SMILES string of the molecule is CCCCN(C)CC(=O)NCCc1ccccc1OC. The normalized spacial score (nSPS) is 10.6. The molecule has 1 amide bonds. The Morgan fingerprint density at radius 1 is 1.35 bits per heavy atom. The number of hydrogen-bond donors (Lipinski definition) is 1. The average Bonchev–Trinajstić information content (AvgIpc) is 2.45. The maximum absolute atomic E-state index is 11.8. The topological polar surface area (TPSA) is 41.6 Å². The van der Waals surface area contributed by atoms with Gasteiger partial charge in [-0.3, -0.25) is 9.69 Å². The first-order valence-corrected chi connectivity index (χ1v) is 7.24. The van der Waals surface area contributed by atoms with Gasteiger partial charge in [0, 0.05) is 6.54 Å². The molecule has 4 heteroatoms. The minimum Gasteiger partial charge on any atom is -0.496 e. The standard InChI is InChI=1S/C16H26N2O2/c1-4-5-12-18(2)13-16(19)17-11-10-14-8-6-7-9-15(14)20-3/h6-9H,4-5,10-13H2,1-3H3,(H,17,19). The van der Waals surface area contributed by atoms with Crippen LogP contribution in [0.5, 0.6) is 5.75 Å². The van der Waals surface area contributed by atoms with Crippen molar-refractivity contribution in [1.82, 2.24) is 10.2 Å². The van der Waals surface area contributed by atoms with Crippen LogP contribution in [0.2, 0.25) is 0 Å². The number of likely N-dealkylation sites (N-methyl/N-ethyl adjacent to an activating group) is 1. The van der Waals surface area contributed by atoms with E-state index in [1.807, 2.05) is 31.3 Å².